The Labute approximate surface area is 118 Å². The molecule has 0 fully saturated rings. The van der Waals surface area contributed by atoms with E-state index in [-0.39, 0.29) is 10.7 Å². The Morgan fingerprint density at radius 2 is 1.89 bits per heavy atom. The van der Waals surface area contributed by atoms with Crippen molar-refractivity contribution in [3.05, 3.63) is 65.2 Å². The maximum absolute atomic E-state index is 13.3. The number of para-hydroxylation sites is 1. The predicted octanol–water partition coefficient (Wildman–Crippen LogP) is 4.58. The summed E-state index contributed by atoms with van der Waals surface area (Å²) in [7, 11) is 0. The minimum absolute atomic E-state index is 0.0982. The van der Waals surface area contributed by atoms with Gasteiger partial charge in [-0.25, -0.2) is 8.78 Å². The van der Waals surface area contributed by atoms with Gasteiger partial charge in [0.25, 0.3) is 0 Å². The second-order valence-corrected chi connectivity index (χ2v) is 5.52. The molecule has 19 heavy (non-hydrogen) atoms. The summed E-state index contributed by atoms with van der Waals surface area (Å²) in [6, 6.07) is 11.8. The third-order valence-corrected chi connectivity index (χ3v) is 4.52. The maximum Gasteiger partial charge on any atom is 0.159 e. The first-order valence-electron chi connectivity index (χ1n) is 5.97. The van der Waals surface area contributed by atoms with Gasteiger partial charge in [0.15, 0.2) is 11.6 Å². The summed E-state index contributed by atoms with van der Waals surface area (Å²) in [4.78, 5) is -0.105. The van der Waals surface area contributed by atoms with Gasteiger partial charge in [-0.1, -0.05) is 40.2 Å². The Morgan fingerprint density at radius 3 is 2.68 bits per heavy atom. The average Bonchev–Trinajstić information content (AvgIpc) is 2.85. The average molecular weight is 325 g/mol. The van der Waals surface area contributed by atoms with Gasteiger partial charge in [0.1, 0.15) is 5.75 Å². The van der Waals surface area contributed by atoms with E-state index in [0.29, 0.717) is 12.2 Å². The van der Waals surface area contributed by atoms with Gasteiger partial charge in [-0.2, -0.15) is 0 Å². The fourth-order valence-corrected chi connectivity index (χ4v) is 3.07. The Hall–Kier alpha value is -1.42. The molecule has 0 amide bonds. The van der Waals surface area contributed by atoms with Gasteiger partial charge in [0.2, 0.25) is 0 Å². The van der Waals surface area contributed by atoms with E-state index in [4.69, 9.17) is 4.74 Å². The van der Waals surface area contributed by atoms with Gasteiger partial charge < -0.3 is 4.74 Å². The molecule has 4 heteroatoms. The van der Waals surface area contributed by atoms with Crippen LogP contribution in [-0.2, 0) is 0 Å². The normalized spacial score (nSPS) is 18.8. The van der Waals surface area contributed by atoms with Crippen LogP contribution >= 0.6 is 15.9 Å². The molecule has 2 aromatic carbocycles. The molecule has 0 saturated heterocycles. The molecular weight excluding hydrogens is 314 g/mol. The van der Waals surface area contributed by atoms with E-state index in [1.54, 1.807) is 6.07 Å². The van der Waals surface area contributed by atoms with Gasteiger partial charge in [-0.15, -0.1) is 0 Å². The van der Waals surface area contributed by atoms with Crippen molar-refractivity contribution >= 4 is 15.9 Å². The highest BCUT2D eigenvalue weighted by molar-refractivity contribution is 9.09. The van der Waals surface area contributed by atoms with Crippen molar-refractivity contribution in [2.75, 3.05) is 6.61 Å². The lowest BCUT2D eigenvalue weighted by atomic mass is 9.93. The summed E-state index contributed by atoms with van der Waals surface area (Å²) < 4.78 is 31.9. The number of hydrogen-bond acceptors (Lipinski definition) is 1. The first kappa shape index (κ1) is 12.6. The van der Waals surface area contributed by atoms with Crippen LogP contribution in [0.5, 0.6) is 5.75 Å². The molecule has 1 heterocycles. The van der Waals surface area contributed by atoms with Crippen LogP contribution in [-0.4, -0.2) is 6.61 Å². The summed E-state index contributed by atoms with van der Waals surface area (Å²) >= 11 is 3.57. The Morgan fingerprint density at radius 1 is 1.11 bits per heavy atom. The molecule has 0 bridgehead atoms. The first-order valence-corrected chi connectivity index (χ1v) is 6.89. The lowest BCUT2D eigenvalue weighted by Crippen LogP contribution is -2.08. The van der Waals surface area contributed by atoms with Crippen LogP contribution in [0.2, 0.25) is 0 Å². The fourth-order valence-electron chi connectivity index (χ4n) is 2.35. The molecule has 0 radical (unpaired) electrons. The largest absolute Gasteiger partial charge is 0.493 e. The molecule has 1 aliphatic heterocycles. The summed E-state index contributed by atoms with van der Waals surface area (Å²) in [5.41, 5.74) is 1.80. The lowest BCUT2D eigenvalue weighted by Gasteiger charge is -2.17. The molecule has 0 aliphatic carbocycles. The molecule has 2 unspecified atom stereocenters. The van der Waals surface area contributed by atoms with E-state index in [1.807, 2.05) is 24.3 Å². The van der Waals surface area contributed by atoms with E-state index >= 15 is 0 Å². The molecule has 0 aromatic heterocycles. The molecule has 0 spiro atoms. The number of ether oxygens (including phenoxy) is 1. The number of halogens is 3. The SMILES string of the molecule is Fc1ccc(C(Br)C2COc3ccccc32)cc1F. The predicted molar refractivity (Wildman–Crippen MR) is 72.7 cm³/mol. The van der Waals surface area contributed by atoms with E-state index in [2.05, 4.69) is 15.9 Å². The Kier molecular flexibility index (Phi) is 3.27. The molecule has 3 rings (SSSR count). The lowest BCUT2D eigenvalue weighted by molar-refractivity contribution is 0.329. The minimum atomic E-state index is -0.827. The third kappa shape index (κ3) is 2.25. The maximum atomic E-state index is 13.3. The highest BCUT2D eigenvalue weighted by Crippen LogP contribution is 2.45. The zero-order valence-electron chi connectivity index (χ0n) is 9.95. The summed E-state index contributed by atoms with van der Waals surface area (Å²) in [5.74, 6) is -0.693. The number of alkyl halides is 1. The fraction of sp³-hybridized carbons (Fsp3) is 0.200. The molecule has 1 aliphatic rings. The number of fused-ring (bicyclic) bond motifs is 1. The van der Waals surface area contributed by atoms with Crippen molar-refractivity contribution in [1.82, 2.24) is 0 Å². The highest BCUT2D eigenvalue weighted by Gasteiger charge is 2.30. The van der Waals surface area contributed by atoms with Crippen LogP contribution in [0.25, 0.3) is 0 Å². The van der Waals surface area contributed by atoms with Crippen molar-refractivity contribution < 1.29 is 13.5 Å². The second kappa shape index (κ2) is 4.93. The third-order valence-electron chi connectivity index (χ3n) is 3.35. The standard InChI is InChI=1S/C15H11BrF2O/c16-15(9-5-6-12(17)13(18)7-9)11-8-19-14-4-2-1-3-10(11)14/h1-7,11,15H,8H2. The summed E-state index contributed by atoms with van der Waals surface area (Å²) in [6.45, 7) is 0.536. The molecule has 0 N–H and O–H groups in total. The topological polar surface area (TPSA) is 9.23 Å². The first-order chi connectivity index (χ1) is 9.16. The van der Waals surface area contributed by atoms with Crippen molar-refractivity contribution in [1.29, 1.82) is 0 Å². The Bertz CT molecular complexity index is 615. The molecule has 98 valence electrons. The van der Waals surface area contributed by atoms with Crippen LogP contribution in [0.15, 0.2) is 42.5 Å². The number of hydrogen-bond donors (Lipinski definition) is 0. The zero-order valence-corrected chi connectivity index (χ0v) is 11.5. The summed E-state index contributed by atoms with van der Waals surface area (Å²) in [6.07, 6.45) is 0. The monoisotopic (exact) mass is 324 g/mol. The van der Waals surface area contributed by atoms with Crippen molar-refractivity contribution in [2.24, 2.45) is 0 Å². The van der Waals surface area contributed by atoms with Crippen molar-refractivity contribution in [2.45, 2.75) is 10.7 Å². The van der Waals surface area contributed by atoms with E-state index in [1.165, 1.54) is 6.07 Å². The van der Waals surface area contributed by atoms with Crippen LogP contribution < -0.4 is 4.74 Å². The quantitative estimate of drug-likeness (QED) is 0.735. The van der Waals surface area contributed by atoms with Gasteiger partial charge in [0, 0.05) is 16.3 Å². The van der Waals surface area contributed by atoms with Gasteiger partial charge in [-0.3, -0.25) is 0 Å². The van der Waals surface area contributed by atoms with Crippen LogP contribution in [0.3, 0.4) is 0 Å². The van der Waals surface area contributed by atoms with Crippen LogP contribution in [0, 0.1) is 11.6 Å². The second-order valence-electron chi connectivity index (χ2n) is 4.53. The van der Waals surface area contributed by atoms with Gasteiger partial charge >= 0.3 is 0 Å². The van der Waals surface area contributed by atoms with Crippen molar-refractivity contribution in [3.8, 4) is 5.75 Å². The molecule has 2 atom stereocenters. The number of rotatable bonds is 2. The van der Waals surface area contributed by atoms with Crippen LogP contribution in [0.4, 0.5) is 8.78 Å². The van der Waals surface area contributed by atoms with Gasteiger partial charge in [0.05, 0.1) is 6.61 Å². The molecule has 1 nitrogen and oxygen atoms in total. The van der Waals surface area contributed by atoms with Crippen LogP contribution in [0.1, 0.15) is 21.9 Å². The van der Waals surface area contributed by atoms with E-state index < -0.39 is 11.6 Å². The van der Waals surface area contributed by atoms with Crippen molar-refractivity contribution in [3.63, 3.8) is 0 Å². The van der Waals surface area contributed by atoms with E-state index in [9.17, 15) is 8.78 Å². The number of benzene rings is 2. The summed E-state index contributed by atoms with van der Waals surface area (Å²) in [5, 5.41) is 0. The molecule has 2 aromatic rings. The Balaban J connectivity index is 1.93. The molecule has 0 saturated carbocycles. The van der Waals surface area contributed by atoms with E-state index in [0.717, 1.165) is 17.4 Å². The van der Waals surface area contributed by atoms with Gasteiger partial charge in [-0.05, 0) is 23.8 Å². The smallest absolute Gasteiger partial charge is 0.159 e. The zero-order chi connectivity index (χ0) is 13.4. The molecular formula is C15H11BrF2O. The minimum Gasteiger partial charge on any atom is -0.493 e. The highest BCUT2D eigenvalue weighted by atomic mass is 79.9.